The number of carbonyl (C=O) groups is 2. The van der Waals surface area contributed by atoms with E-state index in [9.17, 15) is 35.5 Å². The molecule has 0 fully saturated rings. The van der Waals surface area contributed by atoms with Crippen molar-refractivity contribution >= 4 is 69.8 Å². The Morgan fingerprint density at radius 2 is 1.13 bits per heavy atom. The van der Waals surface area contributed by atoms with Crippen molar-refractivity contribution in [1.82, 2.24) is 10.6 Å². The van der Waals surface area contributed by atoms with Crippen molar-refractivity contribution in [3.63, 3.8) is 0 Å². The molecule has 2 N–H and O–H groups in total. The molecule has 0 spiro atoms. The normalized spacial score (nSPS) is 22.1. The van der Waals surface area contributed by atoms with Gasteiger partial charge >= 0.3 is 37.7 Å². The molecule has 2 amide bonds. The van der Waals surface area contributed by atoms with Crippen molar-refractivity contribution in [2.24, 2.45) is 0 Å². The van der Waals surface area contributed by atoms with Gasteiger partial charge in [-0.25, -0.2) is 16.8 Å². The molecule has 0 aromatic carbocycles. The topological polar surface area (TPSA) is 173 Å². The minimum absolute atomic E-state index is 0. The molecule has 0 aliphatic heterocycles. The van der Waals surface area contributed by atoms with Crippen molar-refractivity contribution in [1.29, 1.82) is 0 Å². The van der Waals surface area contributed by atoms with Crippen LogP contribution in [0.2, 0.25) is 0 Å². The summed E-state index contributed by atoms with van der Waals surface area (Å²) < 4.78 is 148. The summed E-state index contributed by atoms with van der Waals surface area (Å²) in [5.41, 5.74) is -8.07. The largest absolute Gasteiger partial charge is 2.00 e. The van der Waals surface area contributed by atoms with E-state index in [1.54, 1.807) is 0 Å². The second-order valence-corrected chi connectivity index (χ2v) is 5.20. The molecule has 0 atom stereocenters. The van der Waals surface area contributed by atoms with Gasteiger partial charge in [-0.05, 0) is 12.7 Å². The molecule has 10 nitrogen and oxygen atoms in total. The zero-order chi connectivity index (χ0) is 28.6. The van der Waals surface area contributed by atoms with Gasteiger partial charge in [-0.1, -0.05) is 0 Å². The molecule has 0 bridgehead atoms. The first-order valence-corrected chi connectivity index (χ1v) is 7.63. The summed E-state index contributed by atoms with van der Waals surface area (Å²) in [6.45, 7) is -5.07. The monoisotopic (exact) mass is 412 g/mol. The van der Waals surface area contributed by atoms with Crippen LogP contribution in [0.4, 0.5) is 0 Å². The Morgan fingerprint density at radius 1 is 0.870 bits per heavy atom. The van der Waals surface area contributed by atoms with E-state index in [1.807, 2.05) is 0 Å². The van der Waals surface area contributed by atoms with Gasteiger partial charge in [-0.2, -0.15) is 0 Å². The summed E-state index contributed by atoms with van der Waals surface area (Å²) in [6, 6.07) is 0. The number of nitrogens with one attached hydrogen (secondary N) is 2. The second-order valence-electron chi connectivity index (χ2n) is 2.97. The Bertz CT molecular complexity index is 923. The molecule has 0 aliphatic carbocycles. The van der Waals surface area contributed by atoms with Crippen LogP contribution in [0.5, 0.6) is 0 Å². The average Bonchev–Trinajstić information content (AvgIpc) is 2.50. The van der Waals surface area contributed by atoms with Crippen molar-refractivity contribution in [3.05, 3.63) is 0 Å². The zero-order valence-corrected chi connectivity index (χ0v) is 15.6. The van der Waals surface area contributed by atoms with Gasteiger partial charge in [0.25, 0.3) is 0 Å². The summed E-state index contributed by atoms with van der Waals surface area (Å²) >= 11 is 0. The fourth-order valence-electron chi connectivity index (χ4n) is 0.415. The molecule has 0 aromatic heterocycles. The van der Waals surface area contributed by atoms with E-state index in [0.717, 1.165) is 13.8 Å². The Kier molecular flexibility index (Phi) is 6.80. The SMILES string of the molecule is [2H]C([2H])(NC(C)=O)C([2H])([2H])C([2H])([2H])S(=O)(=O)[O-].[2H]C([2H])(NC(C)=O)C([2H])([2H])C([2H])([2H])S(=O)(=O)[O-].[Ca+2]. The maximum atomic E-state index is 10.6. The fraction of sp³-hybridized carbons (Fsp3) is 0.800. The minimum Gasteiger partial charge on any atom is -0.748 e. The van der Waals surface area contributed by atoms with Crippen LogP contribution < -0.4 is 10.6 Å². The number of carbonyl (C=O) groups excluding carboxylic acids is 2. The molecule has 0 saturated carbocycles. The summed E-state index contributed by atoms with van der Waals surface area (Å²) in [7, 11) is -11.5. The molecule has 132 valence electrons. The fourth-order valence-corrected chi connectivity index (χ4v) is 0.767. The molecule has 0 rings (SSSR count). The van der Waals surface area contributed by atoms with E-state index in [4.69, 9.17) is 16.4 Å². The second kappa shape index (κ2) is 14.4. The summed E-state index contributed by atoms with van der Waals surface area (Å²) in [6.07, 6.45) is -7.52. The van der Waals surface area contributed by atoms with Crippen LogP contribution in [-0.4, -0.2) is 99.9 Å². The minimum atomic E-state index is -5.76. The molecular weight excluding hydrogens is 380 g/mol. The van der Waals surface area contributed by atoms with Crippen LogP contribution in [0.3, 0.4) is 0 Å². The molecule has 0 saturated heterocycles. The number of amides is 2. The van der Waals surface area contributed by atoms with Crippen molar-refractivity contribution in [2.45, 2.75) is 26.6 Å². The Balaban J connectivity index is -0.000000569. The average molecular weight is 413 g/mol. The molecule has 23 heavy (non-hydrogen) atoms. The van der Waals surface area contributed by atoms with Gasteiger partial charge in [0.2, 0.25) is 11.8 Å². The molecule has 13 heteroatoms. The van der Waals surface area contributed by atoms with Crippen molar-refractivity contribution in [2.75, 3.05) is 24.4 Å². The van der Waals surface area contributed by atoms with Crippen LogP contribution in [0, 0.1) is 0 Å². The third-order valence-electron chi connectivity index (χ3n) is 0.954. The summed E-state index contributed by atoms with van der Waals surface area (Å²) in [4.78, 5) is 21.2. The van der Waals surface area contributed by atoms with Gasteiger partial charge in [0.15, 0.2) is 0 Å². The first-order chi connectivity index (χ1) is 14.3. The van der Waals surface area contributed by atoms with Crippen LogP contribution in [0.1, 0.15) is 43.0 Å². The van der Waals surface area contributed by atoms with Gasteiger partial charge in [0.1, 0.15) is 0 Å². The van der Waals surface area contributed by atoms with Crippen LogP contribution in [0.15, 0.2) is 0 Å². The van der Waals surface area contributed by atoms with Gasteiger partial charge < -0.3 is 19.7 Å². The zero-order valence-electron chi connectivity index (χ0n) is 23.8. The Morgan fingerprint density at radius 3 is 1.30 bits per heavy atom. The van der Waals surface area contributed by atoms with Crippen LogP contribution >= 0.6 is 0 Å². The molecular formula is C10H20CaN2O8S2. The quantitative estimate of drug-likeness (QED) is 0.332. The number of hydrogen-bond acceptors (Lipinski definition) is 8. The standard InChI is InChI=1S/2C5H11NO4S.Ca/c2*1-5(7)6-3-2-4-11(8,9)10;/h2*2-4H2,1H3,(H,6,7)(H,8,9,10);/q;;+2/p-2/i2*2D2,3D2,4D2;. The van der Waals surface area contributed by atoms with Crippen molar-refractivity contribution < 1.29 is 52.0 Å². The van der Waals surface area contributed by atoms with Gasteiger partial charge in [0, 0.05) is 54.7 Å². The molecule has 0 radical (unpaired) electrons. The van der Waals surface area contributed by atoms with E-state index in [0.29, 0.717) is 0 Å². The van der Waals surface area contributed by atoms with Crippen molar-refractivity contribution in [3.8, 4) is 0 Å². The third-order valence-corrected chi connectivity index (χ3v) is 1.66. The first-order valence-electron chi connectivity index (χ1n) is 10.8. The van der Waals surface area contributed by atoms with Gasteiger partial charge in [-0.3, -0.25) is 9.59 Å². The smallest absolute Gasteiger partial charge is 0.748 e. The summed E-state index contributed by atoms with van der Waals surface area (Å²) in [5.74, 6) is -2.09. The van der Waals surface area contributed by atoms with Crippen LogP contribution in [0.25, 0.3) is 0 Å². The Hall–Kier alpha value is 0.0197. The molecule has 0 aromatic rings. The van der Waals surface area contributed by atoms with Gasteiger partial charge in [-0.15, -0.1) is 0 Å². The third kappa shape index (κ3) is 34.4. The maximum Gasteiger partial charge on any atom is 2.00 e. The molecule has 0 heterocycles. The summed E-state index contributed by atoms with van der Waals surface area (Å²) in [5, 5.41) is 2.83. The first kappa shape index (κ1) is 10.9. The Labute approximate surface area is 183 Å². The number of rotatable bonds is 8. The van der Waals surface area contributed by atoms with Gasteiger partial charge in [0.05, 0.1) is 20.2 Å². The number of hydrogen-bond donors (Lipinski definition) is 2. The molecule has 0 unspecified atom stereocenters. The van der Waals surface area contributed by atoms with E-state index in [-0.39, 0.29) is 37.7 Å². The maximum absolute atomic E-state index is 10.6. The van der Waals surface area contributed by atoms with E-state index in [2.05, 4.69) is 0 Å². The van der Waals surface area contributed by atoms with Crippen LogP contribution in [-0.2, 0) is 29.8 Å². The predicted molar refractivity (Wildman–Crippen MR) is 81.5 cm³/mol. The van der Waals surface area contributed by atoms with E-state index >= 15 is 0 Å². The predicted octanol–water partition coefficient (Wildman–Crippen LogP) is -2.27. The molecule has 0 aliphatic rings. The van der Waals surface area contributed by atoms with E-state index < -0.39 is 69.2 Å². The van der Waals surface area contributed by atoms with E-state index in [1.165, 1.54) is 10.6 Å².